The summed E-state index contributed by atoms with van der Waals surface area (Å²) in [6.45, 7) is 9.22. The molecule has 7 rings (SSSR count). The van der Waals surface area contributed by atoms with Gasteiger partial charge < -0.3 is 24.6 Å². The van der Waals surface area contributed by atoms with E-state index in [0.717, 1.165) is 13.1 Å². The van der Waals surface area contributed by atoms with Crippen molar-refractivity contribution in [1.82, 2.24) is 28.0 Å². The number of ketones is 3. The van der Waals surface area contributed by atoms with Gasteiger partial charge in [-0.05, 0) is 200 Å². The summed E-state index contributed by atoms with van der Waals surface area (Å²) in [5.74, 6) is 156. The van der Waals surface area contributed by atoms with Gasteiger partial charge in [0.25, 0.3) is 0 Å². The Morgan fingerprint density at radius 3 is 0.713 bits per heavy atom. The van der Waals surface area contributed by atoms with E-state index >= 15 is 0 Å². The maximum Gasteiger partial charge on any atom is 0.245 e. The summed E-state index contributed by atoms with van der Waals surface area (Å²) < 4.78 is 97.8. The van der Waals surface area contributed by atoms with E-state index in [4.69, 9.17) is 15.9 Å². The van der Waals surface area contributed by atoms with Crippen LogP contribution in [0.3, 0.4) is 0 Å². The highest BCUT2D eigenvalue weighted by atomic mass is 32.2. The topological polar surface area (TPSA) is 200 Å². The van der Waals surface area contributed by atoms with Gasteiger partial charge in [0.2, 0.25) is 30.1 Å². The molecule has 0 bridgehead atoms. The van der Waals surface area contributed by atoms with Crippen LogP contribution in [-0.2, 0) is 39.5 Å². The molecule has 2 spiro atoms. The van der Waals surface area contributed by atoms with E-state index in [1.807, 2.05) is 38.0 Å². The molecule has 0 aromatic heterocycles. The third kappa shape index (κ3) is 38.8. The largest absolute Gasteiger partial charge is 0.353 e. The van der Waals surface area contributed by atoms with E-state index in [2.05, 4.69) is 378 Å². The van der Waals surface area contributed by atoms with Gasteiger partial charge in [0.15, 0.2) is 17.3 Å². The molecule has 2 atom stereocenters. The molecule has 4 heterocycles. The van der Waals surface area contributed by atoms with E-state index in [1.165, 1.54) is 94.4 Å². The van der Waals surface area contributed by atoms with Gasteiger partial charge in [0.1, 0.15) is 11.4 Å². The van der Waals surface area contributed by atoms with Crippen LogP contribution in [0.2, 0.25) is 0 Å². The number of carbonyl (C=O) groups is 3. The normalized spacial score (nSPS) is 12.8. The molecule has 3 aromatic rings. The average molecular weight is 1730 g/mol. The van der Waals surface area contributed by atoms with Crippen molar-refractivity contribution in [3.63, 3.8) is 0 Å². The Kier molecular flexibility index (Phi) is 45.9. The van der Waals surface area contributed by atoms with Gasteiger partial charge in [-0.25, -0.2) is 25.3 Å². The molecule has 17 nitrogen and oxygen atoms in total. The number of Topliss-reactive ketones (excluding diaryl/α,β-unsaturated/α-hetero) is 3. The van der Waals surface area contributed by atoms with Crippen molar-refractivity contribution in [3.8, 4) is 379 Å². The number of hydrogen-bond acceptors (Lipinski definition) is 14. The lowest BCUT2D eigenvalue weighted by Gasteiger charge is -2.42. The second-order valence-corrected chi connectivity index (χ2v) is 31.0. The molecule has 0 radical (unpaired) electrons. The number of sulfonamides is 3. The Morgan fingerprint density at radius 2 is 0.519 bits per heavy atom. The van der Waals surface area contributed by atoms with E-state index < -0.39 is 47.6 Å². The molecular formula is C109H64N6O11S3. The number of ether oxygens (including phenoxy) is 2. The summed E-state index contributed by atoms with van der Waals surface area (Å²) in [6, 6.07) is 17.8. The standard InChI is InChI=1S/C65H4.C26H33N3O7S2.C18H27N3O4S/c1-3-5-7-9-11-13-15-17-19-21-23-25-27-29-31-33-35-37-39-41-43-45-47-49-51-53-55-57-59-61-63-65-64-62-60-58-56-54-52-50-48-46-44-42-40-38-36-34-32-30-28-26-24-22-20-18-16-14-12-10-8-6-4-2;1-19(30)21-5-9-24(10-6-21)37(32,33)28-15-13-26(14-16-28)29(18-23(36-26)17-27(3)4)38(34,35)25-11-7-22(8-12-25)20(2)31;1-14(22)15-4-6-17(7-5-15)26(23,24)21-13-16(12-20(2)3)25-18(21)8-10-19-11-9-18/h1H,2H3;5-12,23H,13-18H2,1-4H3;4-7,16,19H,8-13H2,1-3H3. The lowest BCUT2D eigenvalue weighted by atomic mass is 10.0. The minimum atomic E-state index is -4.00. The van der Waals surface area contributed by atoms with Crippen LogP contribution in [0.1, 0.15) is 84.5 Å². The quantitative estimate of drug-likeness (QED) is 0.191. The minimum Gasteiger partial charge on any atom is -0.353 e. The Balaban J connectivity index is 0.000000382. The van der Waals surface area contributed by atoms with E-state index in [9.17, 15) is 39.6 Å². The van der Waals surface area contributed by atoms with Crippen molar-refractivity contribution >= 4 is 47.4 Å². The maximum atomic E-state index is 13.8. The first-order chi connectivity index (χ1) is 62.4. The van der Waals surface area contributed by atoms with Crippen molar-refractivity contribution < 1.29 is 49.1 Å². The van der Waals surface area contributed by atoms with Gasteiger partial charge in [-0.15, -0.1) is 6.42 Å². The van der Waals surface area contributed by atoms with Crippen molar-refractivity contribution in [2.24, 2.45) is 0 Å². The molecule has 4 saturated heterocycles. The number of rotatable bonds is 13. The summed E-state index contributed by atoms with van der Waals surface area (Å²) in [6.07, 6.45) is 5.97. The number of nitrogens with one attached hydrogen (secondary N) is 1. The fourth-order valence-electron chi connectivity index (χ4n) is 10.7. The fraction of sp³-hybridized carbons (Fsp3) is 0.220. The first-order valence-corrected chi connectivity index (χ1v) is 41.9. The molecule has 1 N–H and O–H groups in total. The highest BCUT2D eigenvalue weighted by Gasteiger charge is 2.56. The molecule has 3 aromatic carbocycles. The van der Waals surface area contributed by atoms with Crippen LogP contribution in [0, 0.1) is 379 Å². The number of hydrogen-bond donors (Lipinski definition) is 1. The summed E-state index contributed by atoms with van der Waals surface area (Å²) in [5, 5.41) is 3.27. The molecule has 0 saturated carbocycles. The monoisotopic (exact) mass is 1730 g/mol. The third-order valence-electron chi connectivity index (χ3n) is 16.0. The molecular weight excluding hydrogens is 1670 g/mol. The van der Waals surface area contributed by atoms with Crippen LogP contribution in [-0.4, -0.2) is 170 Å². The number of piperidine rings is 2. The van der Waals surface area contributed by atoms with Gasteiger partial charge in [-0.2, -0.15) is 12.9 Å². The third-order valence-corrected chi connectivity index (χ3v) is 21.8. The Labute approximate surface area is 760 Å². The van der Waals surface area contributed by atoms with Gasteiger partial charge in [0, 0.05) is 354 Å². The van der Waals surface area contributed by atoms with Crippen LogP contribution in [0.5, 0.6) is 0 Å². The zero-order chi connectivity index (χ0) is 93.4. The van der Waals surface area contributed by atoms with Crippen LogP contribution < -0.4 is 5.32 Å². The van der Waals surface area contributed by atoms with Gasteiger partial charge >= 0.3 is 0 Å². The van der Waals surface area contributed by atoms with Gasteiger partial charge in [-0.1, -0.05) is 42.3 Å². The SMILES string of the molecule is C#CC#CC#CC#CC#CC#CC#CC#CC#CC#CC#CC#CC#CC#CC#CC#CC#CC#CC#CC#CC#CC#CC#CC#CC#CC#CC#CC#CC#CC#CC#CC#CC.CC(=O)c1ccc(S(=O)(=O)N2CC(CN(C)C)OC23CCNCC3)cc1.CC(=O)c1ccc(S(=O)(=O)N2CCC3(CC2)OC(CN(C)C)CN3S(=O)(=O)c2ccc(C(C)=O)cc2)cc1. The van der Waals surface area contributed by atoms with Crippen LogP contribution >= 0.6 is 0 Å². The Bertz CT molecular complexity index is 7610. The number of likely N-dealkylation sites (N-methyl/N-ethyl adjacent to an activating group) is 2. The maximum absolute atomic E-state index is 13.8. The minimum absolute atomic E-state index is 0.0524. The molecule has 4 aliphatic heterocycles. The first kappa shape index (κ1) is 102. The molecule has 614 valence electrons. The summed E-state index contributed by atoms with van der Waals surface area (Å²) in [4.78, 5) is 38.9. The molecule has 0 aliphatic carbocycles. The Hall–Kier alpha value is -17.9. The predicted molar refractivity (Wildman–Crippen MR) is 495 cm³/mol. The lowest BCUT2D eigenvalue weighted by Crippen LogP contribution is -2.55. The number of terminal acetylenes is 1. The summed E-state index contributed by atoms with van der Waals surface area (Å²) >= 11 is 0. The molecule has 4 fully saturated rings. The number of nitrogens with zero attached hydrogens (tertiary/aromatic N) is 5. The molecule has 129 heavy (non-hydrogen) atoms. The highest BCUT2D eigenvalue weighted by molar-refractivity contribution is 7.89. The summed E-state index contributed by atoms with van der Waals surface area (Å²) in [5.41, 5.74) is -0.641. The van der Waals surface area contributed by atoms with E-state index in [1.54, 1.807) is 19.1 Å². The zero-order valence-corrected chi connectivity index (χ0v) is 73.0. The average Bonchev–Trinajstić information content (AvgIpc) is 1.62. The fourth-order valence-corrected chi connectivity index (χ4v) is 15.7. The number of carbonyl (C=O) groups excluding carboxylic acids is 3. The first-order valence-electron chi connectivity index (χ1n) is 37.5. The van der Waals surface area contributed by atoms with Crippen molar-refractivity contribution in [2.45, 2.75) is 91.7 Å². The van der Waals surface area contributed by atoms with E-state index in [0.29, 0.717) is 49.2 Å². The zero-order valence-electron chi connectivity index (χ0n) is 70.6. The molecule has 4 aliphatic rings. The lowest BCUT2D eigenvalue weighted by molar-refractivity contribution is -0.108. The van der Waals surface area contributed by atoms with Crippen LogP contribution in [0.4, 0.5) is 0 Å². The molecule has 20 heteroatoms. The van der Waals surface area contributed by atoms with Crippen molar-refractivity contribution in [3.05, 3.63) is 89.5 Å². The van der Waals surface area contributed by atoms with E-state index in [-0.39, 0.29) is 70.6 Å². The highest BCUT2D eigenvalue weighted by Crippen LogP contribution is 2.43. The van der Waals surface area contributed by atoms with Crippen LogP contribution in [0.15, 0.2) is 87.5 Å². The summed E-state index contributed by atoms with van der Waals surface area (Å²) in [7, 11) is -3.89. The van der Waals surface area contributed by atoms with Gasteiger partial charge in [0.05, 0.1) is 26.9 Å². The van der Waals surface area contributed by atoms with Crippen LogP contribution in [0.25, 0.3) is 0 Å². The van der Waals surface area contributed by atoms with Gasteiger partial charge in [-0.3, -0.25) is 14.4 Å². The second kappa shape index (κ2) is 58.2. The number of benzene rings is 3. The smallest absolute Gasteiger partial charge is 0.245 e. The predicted octanol–water partition coefficient (Wildman–Crippen LogP) is 3.89. The second-order valence-electron chi connectivity index (χ2n) is 25.4. The molecule has 0 amide bonds. The molecule has 2 unspecified atom stereocenters. The van der Waals surface area contributed by atoms with Crippen molar-refractivity contribution in [1.29, 1.82) is 0 Å². The Morgan fingerprint density at radius 1 is 0.326 bits per heavy atom. The van der Waals surface area contributed by atoms with Crippen molar-refractivity contribution in [2.75, 3.05) is 80.5 Å².